The number of ether oxygens (including phenoxy) is 2. The van der Waals surface area contributed by atoms with E-state index >= 15 is 0 Å². The van der Waals surface area contributed by atoms with Crippen molar-refractivity contribution in [1.29, 1.82) is 0 Å². The molecule has 13 heteroatoms. The van der Waals surface area contributed by atoms with Gasteiger partial charge in [0.25, 0.3) is 0 Å². The zero-order valence-corrected chi connectivity index (χ0v) is 12.4. The topological polar surface area (TPSA) is 176 Å². The second kappa shape index (κ2) is 5.89. The minimum Gasteiger partial charge on any atom is -0.393 e. The Balaban J connectivity index is 2.00. The number of hydrogen-bond acceptors (Lipinski definition) is 9. The fraction of sp³-hybridized carbons (Fsp3) is 0.636. The van der Waals surface area contributed by atoms with Gasteiger partial charge in [-0.05, 0) is 5.53 Å². The molecule has 24 heavy (non-hydrogen) atoms. The van der Waals surface area contributed by atoms with Crippen LogP contribution in [-0.4, -0.2) is 57.4 Å². The van der Waals surface area contributed by atoms with Gasteiger partial charge in [0.05, 0.1) is 12.9 Å². The summed E-state index contributed by atoms with van der Waals surface area (Å²) in [5, 5.41) is 25.3. The first kappa shape index (κ1) is 16.4. The van der Waals surface area contributed by atoms with Crippen LogP contribution in [-0.2, 0) is 9.47 Å². The number of fused-ring (bicyclic) bond motifs is 1. The fourth-order valence-electron chi connectivity index (χ4n) is 2.66. The number of imidazole rings is 1. The molecular formula is C11H15FN8O4. The first-order valence-electron chi connectivity index (χ1n) is 6.84. The molecule has 0 bridgehead atoms. The molecule has 130 valence electrons. The summed E-state index contributed by atoms with van der Waals surface area (Å²) in [7, 11) is 1.40. The Bertz CT molecular complexity index is 719. The number of aromatic nitrogens is 2. The molecule has 1 unspecified atom stereocenters. The van der Waals surface area contributed by atoms with E-state index in [1.165, 1.54) is 18.0 Å². The number of nitrogens with one attached hydrogen (secondary N) is 1. The second-order valence-corrected chi connectivity index (χ2v) is 5.20. The Morgan fingerprint density at radius 2 is 2.46 bits per heavy atom. The van der Waals surface area contributed by atoms with Gasteiger partial charge in [-0.2, -0.15) is 0 Å². The lowest BCUT2D eigenvalue weighted by Gasteiger charge is -2.25. The number of aliphatic hydroxyl groups excluding tert-OH is 2. The van der Waals surface area contributed by atoms with Crippen LogP contribution in [0.25, 0.3) is 10.4 Å². The van der Waals surface area contributed by atoms with E-state index in [-0.39, 0.29) is 11.8 Å². The smallest absolute Gasteiger partial charge is 0.201 e. The summed E-state index contributed by atoms with van der Waals surface area (Å²) in [6.07, 6.45) is -4.82. The monoisotopic (exact) mass is 342 g/mol. The minimum absolute atomic E-state index is 0.0218. The van der Waals surface area contributed by atoms with Crippen molar-refractivity contribution in [3.05, 3.63) is 22.5 Å². The van der Waals surface area contributed by atoms with Gasteiger partial charge in [0.2, 0.25) is 5.72 Å². The van der Waals surface area contributed by atoms with Gasteiger partial charge in [-0.15, -0.1) is 0 Å². The molecule has 0 amide bonds. The van der Waals surface area contributed by atoms with Crippen molar-refractivity contribution in [2.75, 3.05) is 19.0 Å². The molecule has 5 N–H and O–H groups in total. The first-order valence-corrected chi connectivity index (χ1v) is 6.84. The first-order chi connectivity index (χ1) is 11.5. The number of aliphatic hydroxyl groups is 2. The zero-order chi connectivity index (χ0) is 17.5. The molecule has 3 heterocycles. The highest BCUT2D eigenvalue weighted by Crippen LogP contribution is 2.42. The summed E-state index contributed by atoms with van der Waals surface area (Å²) >= 11 is 0. The standard InChI is InChI=1S/C11H15FN8O4/c1-23-8-5-7(16-10(13)17-8)20(3-15-5)9-4(12)6(22)11(2-21,24-9)18-19-14/h3-4,6,8-9,21-22H,2H2,1H3,(H3,13,16,17)/t4-,6+,8?,9-,11-/m1/s1. The van der Waals surface area contributed by atoms with Crippen molar-refractivity contribution in [3.63, 3.8) is 0 Å². The van der Waals surface area contributed by atoms with E-state index in [1.807, 2.05) is 0 Å². The molecular weight excluding hydrogens is 327 g/mol. The lowest BCUT2D eigenvalue weighted by Crippen LogP contribution is -2.43. The van der Waals surface area contributed by atoms with Crippen molar-refractivity contribution >= 4 is 11.8 Å². The Labute approximate surface area is 134 Å². The molecule has 0 radical (unpaired) electrons. The molecule has 12 nitrogen and oxygen atoms in total. The average molecular weight is 342 g/mol. The third-order valence-electron chi connectivity index (χ3n) is 3.86. The largest absolute Gasteiger partial charge is 0.393 e. The maximum Gasteiger partial charge on any atom is 0.201 e. The Morgan fingerprint density at radius 1 is 1.71 bits per heavy atom. The predicted octanol–water partition coefficient (Wildman–Crippen LogP) is -0.505. The molecule has 0 aromatic carbocycles. The van der Waals surface area contributed by atoms with Gasteiger partial charge in [0.1, 0.15) is 17.6 Å². The highest BCUT2D eigenvalue weighted by atomic mass is 19.1. The van der Waals surface area contributed by atoms with Crippen molar-refractivity contribution < 1.29 is 24.1 Å². The van der Waals surface area contributed by atoms with E-state index in [9.17, 15) is 14.6 Å². The van der Waals surface area contributed by atoms with Crippen molar-refractivity contribution in [2.45, 2.75) is 30.5 Å². The highest BCUT2D eigenvalue weighted by molar-refractivity contribution is 5.93. The second-order valence-electron chi connectivity index (χ2n) is 5.20. The van der Waals surface area contributed by atoms with Crippen molar-refractivity contribution in [2.24, 2.45) is 15.8 Å². The van der Waals surface area contributed by atoms with E-state index in [0.29, 0.717) is 5.69 Å². The molecule has 1 saturated heterocycles. The van der Waals surface area contributed by atoms with Crippen LogP contribution >= 0.6 is 0 Å². The molecule has 1 aromatic rings. The predicted molar refractivity (Wildman–Crippen MR) is 77.2 cm³/mol. The average Bonchev–Trinajstić information content (AvgIpc) is 3.09. The van der Waals surface area contributed by atoms with Crippen LogP contribution in [0.1, 0.15) is 18.1 Å². The van der Waals surface area contributed by atoms with Gasteiger partial charge in [-0.1, -0.05) is 5.11 Å². The quantitative estimate of drug-likeness (QED) is 0.323. The number of azide groups is 1. The van der Waals surface area contributed by atoms with Gasteiger partial charge < -0.3 is 30.7 Å². The van der Waals surface area contributed by atoms with Crippen molar-refractivity contribution in [1.82, 2.24) is 9.55 Å². The lowest BCUT2D eigenvalue weighted by atomic mass is 10.1. The number of hydrogen-bond donors (Lipinski definition) is 4. The number of guanidine groups is 1. The number of rotatable bonds is 4. The van der Waals surface area contributed by atoms with Crippen LogP contribution in [0, 0.1) is 0 Å². The number of anilines is 1. The summed E-state index contributed by atoms with van der Waals surface area (Å²) in [6.45, 7) is -0.899. The molecule has 0 aliphatic carbocycles. The molecule has 2 aliphatic heterocycles. The van der Waals surface area contributed by atoms with Gasteiger partial charge in [-0.25, -0.2) is 14.4 Å². The van der Waals surface area contributed by atoms with Crippen LogP contribution in [0.2, 0.25) is 0 Å². The minimum atomic E-state index is -2.13. The number of halogens is 1. The van der Waals surface area contributed by atoms with Gasteiger partial charge >= 0.3 is 0 Å². The number of aliphatic imine (C=N–C) groups is 1. The molecule has 5 atom stereocenters. The van der Waals surface area contributed by atoms with Gasteiger partial charge in [0, 0.05) is 12.0 Å². The molecule has 3 rings (SSSR count). The van der Waals surface area contributed by atoms with Gasteiger partial charge in [-0.3, -0.25) is 4.57 Å². The van der Waals surface area contributed by atoms with Crippen LogP contribution in [0.5, 0.6) is 0 Å². The summed E-state index contributed by atoms with van der Waals surface area (Å²) in [4.78, 5) is 10.6. The molecule has 1 aromatic heterocycles. The van der Waals surface area contributed by atoms with E-state index in [1.54, 1.807) is 0 Å². The summed E-state index contributed by atoms with van der Waals surface area (Å²) < 4.78 is 26.3. The van der Waals surface area contributed by atoms with Gasteiger partial charge in [0.15, 0.2) is 24.6 Å². The Kier molecular flexibility index (Phi) is 4.03. The maximum absolute atomic E-state index is 14.6. The van der Waals surface area contributed by atoms with E-state index in [0.717, 1.165) is 0 Å². The normalized spacial score (nSPS) is 34.9. The number of methoxy groups -OCH3 is 1. The summed E-state index contributed by atoms with van der Waals surface area (Å²) in [5.41, 5.74) is 12.5. The lowest BCUT2D eigenvalue weighted by molar-refractivity contribution is -0.123. The Hall–Kier alpha value is -2.44. The third-order valence-corrected chi connectivity index (χ3v) is 3.86. The van der Waals surface area contributed by atoms with E-state index < -0.39 is 37.1 Å². The SMILES string of the molecule is COC1N=C(N)Nc2c1ncn2[C@@H]1O[C@@](CO)(N=[N+]=[N-])[C@@H](O)[C@H]1F. The molecule has 2 aliphatic rings. The molecule has 0 saturated carbocycles. The number of nitrogens with two attached hydrogens (primary N) is 1. The van der Waals surface area contributed by atoms with Crippen LogP contribution in [0.4, 0.5) is 10.2 Å². The van der Waals surface area contributed by atoms with Crippen LogP contribution in [0.15, 0.2) is 16.4 Å². The fourth-order valence-corrected chi connectivity index (χ4v) is 2.66. The van der Waals surface area contributed by atoms with Crippen LogP contribution in [0.3, 0.4) is 0 Å². The summed E-state index contributed by atoms with van der Waals surface area (Å²) in [5.74, 6) is 0.275. The Morgan fingerprint density at radius 3 is 3.08 bits per heavy atom. The van der Waals surface area contributed by atoms with Crippen molar-refractivity contribution in [3.8, 4) is 0 Å². The number of nitrogens with zero attached hydrogens (tertiary/aromatic N) is 6. The highest BCUT2D eigenvalue weighted by Gasteiger charge is 2.56. The third kappa shape index (κ3) is 2.26. The summed E-state index contributed by atoms with van der Waals surface area (Å²) in [6, 6.07) is 0. The number of alkyl halides is 1. The van der Waals surface area contributed by atoms with Crippen LogP contribution < -0.4 is 11.1 Å². The van der Waals surface area contributed by atoms with E-state index in [2.05, 4.69) is 25.3 Å². The molecule has 0 spiro atoms. The zero-order valence-electron chi connectivity index (χ0n) is 12.4. The molecule has 1 fully saturated rings. The van der Waals surface area contributed by atoms with E-state index in [4.69, 9.17) is 20.7 Å². The maximum atomic E-state index is 14.6.